The Morgan fingerprint density at radius 2 is 1.93 bits per heavy atom. The van der Waals surface area contributed by atoms with Crippen molar-refractivity contribution in [1.82, 2.24) is 0 Å². The first-order chi connectivity index (χ1) is 14.5. The van der Waals surface area contributed by atoms with E-state index in [1.165, 1.54) is 7.11 Å². The maximum Gasteiger partial charge on any atom is 0.337 e. The van der Waals surface area contributed by atoms with Gasteiger partial charge in [0.2, 0.25) is 0 Å². The second kappa shape index (κ2) is 8.60. The number of esters is 1. The third-order valence-corrected chi connectivity index (χ3v) is 7.06. The number of carbonyl (C=O) groups is 1. The molecule has 0 aliphatic carbocycles. The second-order valence-corrected chi connectivity index (χ2v) is 8.96. The molecule has 2 aliphatic rings. The van der Waals surface area contributed by atoms with Gasteiger partial charge in [-0.3, -0.25) is 9.20 Å². The molecular formula is C23H25NO5S. The van der Waals surface area contributed by atoms with Crippen molar-refractivity contribution in [3.8, 4) is 11.5 Å². The van der Waals surface area contributed by atoms with Gasteiger partial charge in [0, 0.05) is 39.4 Å². The van der Waals surface area contributed by atoms with Gasteiger partial charge in [0.1, 0.15) is 0 Å². The van der Waals surface area contributed by atoms with Crippen molar-refractivity contribution in [3.05, 3.63) is 58.7 Å². The average Bonchev–Trinajstić information content (AvgIpc) is 2.78. The highest BCUT2D eigenvalue weighted by Crippen LogP contribution is 2.42. The molecule has 2 aromatic carbocycles. The minimum atomic E-state index is -0.841. The first-order valence-corrected chi connectivity index (χ1v) is 11.5. The van der Waals surface area contributed by atoms with Gasteiger partial charge in [-0.1, -0.05) is 12.1 Å². The molecule has 6 nitrogen and oxygen atoms in total. The number of aliphatic imine (C=N–C) groups is 1. The van der Waals surface area contributed by atoms with E-state index in [0.717, 1.165) is 28.8 Å². The zero-order valence-electron chi connectivity index (χ0n) is 17.3. The lowest BCUT2D eigenvalue weighted by molar-refractivity contribution is 0.0600. The summed E-state index contributed by atoms with van der Waals surface area (Å²) in [6.07, 6.45) is 0.788. The third-order valence-electron chi connectivity index (χ3n) is 5.64. The number of carbonyl (C=O) groups excluding carboxylic acids is 1. The monoisotopic (exact) mass is 427 g/mol. The van der Waals surface area contributed by atoms with Crippen LogP contribution >= 0.6 is 0 Å². The number of nitrogens with zero attached hydrogens (tertiary/aromatic N) is 1. The lowest BCUT2D eigenvalue weighted by Crippen LogP contribution is -2.35. The van der Waals surface area contributed by atoms with Crippen LogP contribution in [0.4, 0.5) is 0 Å². The van der Waals surface area contributed by atoms with E-state index < -0.39 is 10.8 Å². The fourth-order valence-corrected chi connectivity index (χ4v) is 5.64. The van der Waals surface area contributed by atoms with Crippen molar-refractivity contribution in [2.45, 2.75) is 25.3 Å². The molecule has 2 aliphatic heterocycles. The van der Waals surface area contributed by atoms with Crippen LogP contribution in [0.25, 0.3) is 0 Å². The van der Waals surface area contributed by atoms with E-state index in [9.17, 15) is 9.00 Å². The molecule has 1 fully saturated rings. The Labute approximate surface area is 178 Å². The maximum atomic E-state index is 12.3. The standard InChI is InChI=1S/C23H25NO5S/c1-4-29-21-11-16-17(12-20(21)27-2)22(24-19-9-10-30(26)13-18(16)19)14-5-7-15(8-6-14)23(25)28-3/h5-8,11-12,18-19H,4,9-10,13H2,1-3H3/t18-,19?,30+/m1/s1. The zero-order valence-corrected chi connectivity index (χ0v) is 18.2. The van der Waals surface area contributed by atoms with E-state index in [0.29, 0.717) is 35.2 Å². The number of rotatable bonds is 5. The predicted octanol–water partition coefficient (Wildman–Crippen LogP) is 3.34. The molecule has 0 amide bonds. The number of hydrogen-bond donors (Lipinski definition) is 0. The van der Waals surface area contributed by atoms with Gasteiger partial charge in [-0.25, -0.2) is 4.79 Å². The average molecular weight is 428 g/mol. The van der Waals surface area contributed by atoms with E-state index in [1.54, 1.807) is 19.2 Å². The minimum absolute atomic E-state index is 0.0772. The molecule has 158 valence electrons. The predicted molar refractivity (Wildman–Crippen MR) is 117 cm³/mol. The Hall–Kier alpha value is -2.67. The topological polar surface area (TPSA) is 74.2 Å². The molecular weight excluding hydrogens is 402 g/mol. The van der Waals surface area contributed by atoms with Crippen LogP contribution in [-0.4, -0.2) is 54.3 Å². The quantitative estimate of drug-likeness (QED) is 0.685. The van der Waals surface area contributed by atoms with Gasteiger partial charge in [0.05, 0.1) is 38.1 Å². The van der Waals surface area contributed by atoms with Crippen LogP contribution in [0.2, 0.25) is 0 Å². The lowest BCUT2D eigenvalue weighted by Gasteiger charge is -2.35. The van der Waals surface area contributed by atoms with Crippen molar-refractivity contribution in [2.24, 2.45) is 4.99 Å². The molecule has 1 unspecified atom stereocenters. The van der Waals surface area contributed by atoms with E-state index in [4.69, 9.17) is 19.2 Å². The summed E-state index contributed by atoms with van der Waals surface area (Å²) in [4.78, 5) is 16.9. The zero-order chi connectivity index (χ0) is 21.3. The number of methoxy groups -OCH3 is 2. The van der Waals surface area contributed by atoms with Gasteiger partial charge in [0.25, 0.3) is 0 Å². The van der Waals surface area contributed by atoms with Gasteiger partial charge < -0.3 is 14.2 Å². The summed E-state index contributed by atoms with van der Waals surface area (Å²) >= 11 is 0. The van der Waals surface area contributed by atoms with Gasteiger partial charge in [-0.05, 0) is 43.2 Å². The van der Waals surface area contributed by atoms with Crippen LogP contribution in [-0.2, 0) is 15.5 Å². The first kappa shape index (κ1) is 20.6. The van der Waals surface area contributed by atoms with Crippen LogP contribution in [0.1, 0.15) is 46.3 Å². The summed E-state index contributed by atoms with van der Waals surface area (Å²) in [6, 6.07) is 11.3. The highest BCUT2D eigenvalue weighted by Gasteiger charge is 2.37. The lowest BCUT2D eigenvalue weighted by atomic mass is 9.81. The Bertz CT molecular complexity index is 1010. The summed E-state index contributed by atoms with van der Waals surface area (Å²) in [6.45, 7) is 2.47. The molecule has 0 saturated carbocycles. The molecule has 2 aromatic rings. The molecule has 0 aromatic heterocycles. The second-order valence-electron chi connectivity index (χ2n) is 7.34. The summed E-state index contributed by atoms with van der Waals surface area (Å²) < 4.78 is 28.5. The van der Waals surface area contributed by atoms with Crippen LogP contribution in [0.3, 0.4) is 0 Å². The fraction of sp³-hybridized carbons (Fsp3) is 0.391. The Morgan fingerprint density at radius 3 is 2.60 bits per heavy atom. The minimum Gasteiger partial charge on any atom is -0.493 e. The molecule has 0 N–H and O–H groups in total. The summed E-state index contributed by atoms with van der Waals surface area (Å²) in [5.41, 5.74) is 4.32. The maximum absolute atomic E-state index is 12.3. The number of ether oxygens (including phenoxy) is 3. The molecule has 1 saturated heterocycles. The molecule has 4 rings (SSSR count). The summed E-state index contributed by atoms with van der Waals surface area (Å²) in [7, 11) is 2.15. The Morgan fingerprint density at radius 1 is 1.17 bits per heavy atom. The van der Waals surface area contributed by atoms with Crippen LogP contribution in [0, 0.1) is 0 Å². The molecule has 0 bridgehead atoms. The SMILES string of the molecule is CCOc1cc2c(cc1OC)C(c1ccc(C(=O)OC)cc1)=NC1CC[S@](=O)C[C@H]21. The Kier molecular flexibility index (Phi) is 5.90. The third kappa shape index (κ3) is 3.74. The highest BCUT2D eigenvalue weighted by molar-refractivity contribution is 7.85. The molecule has 30 heavy (non-hydrogen) atoms. The smallest absolute Gasteiger partial charge is 0.337 e. The van der Waals surface area contributed by atoms with Crippen molar-refractivity contribution >= 4 is 22.5 Å². The van der Waals surface area contributed by atoms with Crippen molar-refractivity contribution < 1.29 is 23.2 Å². The largest absolute Gasteiger partial charge is 0.493 e. The number of fused-ring (bicyclic) bond motifs is 3. The van der Waals surface area contributed by atoms with Crippen molar-refractivity contribution in [1.29, 1.82) is 0 Å². The summed E-state index contributed by atoms with van der Waals surface area (Å²) in [5, 5.41) is 0. The van der Waals surface area contributed by atoms with Gasteiger partial charge in [-0.2, -0.15) is 0 Å². The molecule has 7 heteroatoms. The molecule has 0 spiro atoms. The van der Waals surface area contributed by atoms with Crippen LogP contribution in [0.5, 0.6) is 11.5 Å². The van der Waals surface area contributed by atoms with E-state index >= 15 is 0 Å². The number of benzene rings is 2. The highest BCUT2D eigenvalue weighted by atomic mass is 32.2. The van der Waals surface area contributed by atoms with Crippen LogP contribution < -0.4 is 9.47 Å². The van der Waals surface area contributed by atoms with Crippen molar-refractivity contribution in [3.63, 3.8) is 0 Å². The van der Waals surface area contributed by atoms with Gasteiger partial charge in [-0.15, -0.1) is 0 Å². The van der Waals surface area contributed by atoms with Gasteiger partial charge in [0.15, 0.2) is 11.5 Å². The van der Waals surface area contributed by atoms with E-state index in [1.807, 2.05) is 31.2 Å². The number of hydrogen-bond acceptors (Lipinski definition) is 6. The van der Waals surface area contributed by atoms with Crippen molar-refractivity contribution in [2.75, 3.05) is 32.3 Å². The fourth-order valence-electron chi connectivity index (χ4n) is 4.16. The molecule has 3 atom stereocenters. The Balaban J connectivity index is 1.84. The molecule has 0 radical (unpaired) electrons. The summed E-state index contributed by atoms with van der Waals surface area (Å²) in [5.74, 6) is 2.33. The van der Waals surface area contributed by atoms with Crippen LogP contribution in [0.15, 0.2) is 41.4 Å². The molecule has 2 heterocycles. The van der Waals surface area contributed by atoms with E-state index in [-0.39, 0.29) is 17.9 Å². The first-order valence-electron chi connectivity index (χ1n) is 10.0. The van der Waals surface area contributed by atoms with E-state index in [2.05, 4.69) is 0 Å². The van der Waals surface area contributed by atoms with Gasteiger partial charge >= 0.3 is 5.97 Å². The normalized spacial score (nSPS) is 22.4.